The van der Waals surface area contributed by atoms with E-state index in [1.807, 2.05) is 55.5 Å². The van der Waals surface area contributed by atoms with E-state index >= 15 is 0 Å². The number of nitrogens with one attached hydrogen (secondary N) is 1. The summed E-state index contributed by atoms with van der Waals surface area (Å²) in [5, 5.41) is 12.1. The smallest absolute Gasteiger partial charge is 0.147 e. The number of rotatable bonds is 4. The summed E-state index contributed by atoms with van der Waals surface area (Å²) in [4.78, 5) is 4.41. The Labute approximate surface area is 140 Å². The van der Waals surface area contributed by atoms with E-state index in [9.17, 15) is 4.39 Å². The van der Waals surface area contributed by atoms with E-state index in [2.05, 4.69) is 10.3 Å². The largest absolute Gasteiger partial charge is 0.370 e. The highest BCUT2D eigenvalue weighted by Crippen LogP contribution is 2.27. The second-order valence-corrected chi connectivity index (χ2v) is 5.55. The molecule has 0 fully saturated rings. The zero-order valence-electron chi connectivity index (χ0n) is 13.2. The first-order valence-electron chi connectivity index (χ1n) is 7.61. The van der Waals surface area contributed by atoms with Crippen LogP contribution < -0.4 is 5.32 Å². The van der Waals surface area contributed by atoms with Gasteiger partial charge in [0.05, 0.1) is 29.1 Å². The van der Waals surface area contributed by atoms with E-state index in [4.69, 9.17) is 5.26 Å². The van der Waals surface area contributed by atoms with Crippen LogP contribution >= 0.6 is 0 Å². The molecule has 0 bridgehead atoms. The van der Waals surface area contributed by atoms with Crippen molar-refractivity contribution in [2.75, 3.05) is 5.32 Å². The Bertz CT molecular complexity index is 885. The molecule has 0 spiro atoms. The highest BCUT2D eigenvalue weighted by atomic mass is 19.1. The summed E-state index contributed by atoms with van der Waals surface area (Å²) >= 11 is 0. The molecular formula is C20H16FN3. The Morgan fingerprint density at radius 3 is 2.62 bits per heavy atom. The number of halogens is 1. The first kappa shape index (κ1) is 15.7. The lowest BCUT2D eigenvalue weighted by molar-refractivity contribution is 0.627. The first-order valence-corrected chi connectivity index (χ1v) is 7.61. The van der Waals surface area contributed by atoms with Gasteiger partial charge in [0.1, 0.15) is 5.82 Å². The molecule has 0 aliphatic heterocycles. The third-order valence-corrected chi connectivity index (χ3v) is 3.76. The molecule has 1 heterocycles. The number of aryl methyl sites for hydroxylation is 1. The van der Waals surface area contributed by atoms with E-state index in [1.54, 1.807) is 18.3 Å². The number of hydrogen-bond acceptors (Lipinski definition) is 3. The number of nitriles is 1. The molecule has 3 aromatic rings. The molecule has 118 valence electrons. The van der Waals surface area contributed by atoms with E-state index in [1.165, 1.54) is 6.07 Å². The Morgan fingerprint density at radius 1 is 1.08 bits per heavy atom. The average Bonchev–Trinajstić information content (AvgIpc) is 2.61. The number of benzene rings is 2. The molecule has 4 heteroatoms. The first-order chi connectivity index (χ1) is 11.7. The predicted molar refractivity (Wildman–Crippen MR) is 92.0 cm³/mol. The zero-order chi connectivity index (χ0) is 16.9. The van der Waals surface area contributed by atoms with Gasteiger partial charge in [0.15, 0.2) is 0 Å². The van der Waals surface area contributed by atoms with Crippen molar-refractivity contribution in [2.24, 2.45) is 0 Å². The Kier molecular flexibility index (Phi) is 4.53. The minimum absolute atomic E-state index is 0.284. The van der Waals surface area contributed by atoms with Gasteiger partial charge in [-0.15, -0.1) is 0 Å². The minimum atomic E-state index is -0.456. The van der Waals surface area contributed by atoms with Gasteiger partial charge in [-0.25, -0.2) is 4.39 Å². The van der Waals surface area contributed by atoms with Crippen molar-refractivity contribution < 1.29 is 4.39 Å². The van der Waals surface area contributed by atoms with Crippen LogP contribution in [0.5, 0.6) is 0 Å². The van der Waals surface area contributed by atoms with Crippen LogP contribution in [-0.4, -0.2) is 4.98 Å². The van der Waals surface area contributed by atoms with E-state index in [-0.39, 0.29) is 6.04 Å². The highest BCUT2D eigenvalue weighted by molar-refractivity contribution is 5.52. The summed E-state index contributed by atoms with van der Waals surface area (Å²) in [7, 11) is 0. The molecule has 2 aromatic carbocycles. The monoisotopic (exact) mass is 317 g/mol. The molecule has 0 amide bonds. The summed E-state index contributed by atoms with van der Waals surface area (Å²) in [5.74, 6) is -0.456. The Morgan fingerprint density at radius 2 is 1.96 bits per heavy atom. The summed E-state index contributed by atoms with van der Waals surface area (Å²) in [6, 6.07) is 19.7. The molecular weight excluding hydrogens is 301 g/mol. The lowest BCUT2D eigenvalue weighted by atomic mass is 10.0. The second-order valence-electron chi connectivity index (χ2n) is 5.55. The molecule has 3 rings (SSSR count). The molecule has 1 N–H and O–H groups in total. The Balaban J connectivity index is 2.01. The van der Waals surface area contributed by atoms with Crippen LogP contribution in [0.3, 0.4) is 0 Å². The molecule has 1 aromatic heterocycles. The van der Waals surface area contributed by atoms with E-state index in [0.29, 0.717) is 11.3 Å². The fraction of sp³-hybridized carbons (Fsp3) is 0.100. The van der Waals surface area contributed by atoms with E-state index < -0.39 is 5.82 Å². The molecule has 0 saturated heterocycles. The standard InChI is InChI=1S/C20H16FN3/c1-14-5-4-6-16(11-14)20(19-7-2-3-10-23-19)24-18-9-8-15(13-22)12-17(18)21/h2-12,20,24H,1H3. The van der Waals surface area contributed by atoms with Crippen LogP contribution in [0.25, 0.3) is 0 Å². The minimum Gasteiger partial charge on any atom is -0.370 e. The summed E-state index contributed by atoms with van der Waals surface area (Å²) in [6.45, 7) is 2.02. The van der Waals surface area contributed by atoms with E-state index in [0.717, 1.165) is 16.8 Å². The molecule has 3 nitrogen and oxygen atoms in total. The van der Waals surface area contributed by atoms with Crippen molar-refractivity contribution >= 4 is 5.69 Å². The van der Waals surface area contributed by atoms with Gasteiger partial charge in [-0.3, -0.25) is 4.98 Å². The third kappa shape index (κ3) is 3.41. The van der Waals surface area contributed by atoms with Gasteiger partial charge in [0.2, 0.25) is 0 Å². The summed E-state index contributed by atoms with van der Waals surface area (Å²) in [6.07, 6.45) is 1.72. The van der Waals surface area contributed by atoms with Gasteiger partial charge in [-0.05, 0) is 42.8 Å². The van der Waals surface area contributed by atoms with Crippen LogP contribution in [0.1, 0.15) is 28.4 Å². The van der Waals surface area contributed by atoms with Gasteiger partial charge in [0.25, 0.3) is 0 Å². The highest BCUT2D eigenvalue weighted by Gasteiger charge is 2.17. The van der Waals surface area contributed by atoms with Crippen LogP contribution in [0.4, 0.5) is 10.1 Å². The number of anilines is 1. The van der Waals surface area contributed by atoms with Gasteiger partial charge < -0.3 is 5.32 Å². The van der Waals surface area contributed by atoms with Crippen molar-refractivity contribution in [1.29, 1.82) is 5.26 Å². The average molecular weight is 317 g/mol. The third-order valence-electron chi connectivity index (χ3n) is 3.76. The fourth-order valence-corrected chi connectivity index (χ4v) is 2.58. The molecule has 1 atom stereocenters. The topological polar surface area (TPSA) is 48.7 Å². The van der Waals surface area contributed by atoms with Crippen LogP contribution in [0.15, 0.2) is 66.9 Å². The fourth-order valence-electron chi connectivity index (χ4n) is 2.58. The van der Waals surface area contributed by atoms with Crippen LogP contribution in [0.2, 0.25) is 0 Å². The molecule has 0 radical (unpaired) electrons. The van der Waals surface area contributed by atoms with Crippen molar-refractivity contribution in [1.82, 2.24) is 4.98 Å². The number of nitrogens with zero attached hydrogens (tertiary/aromatic N) is 2. The van der Waals surface area contributed by atoms with Gasteiger partial charge in [-0.2, -0.15) is 5.26 Å². The quantitative estimate of drug-likeness (QED) is 0.765. The molecule has 0 aliphatic carbocycles. The SMILES string of the molecule is Cc1cccc(C(Nc2ccc(C#N)cc2F)c2ccccn2)c1. The lowest BCUT2D eigenvalue weighted by Gasteiger charge is -2.21. The number of hydrogen-bond donors (Lipinski definition) is 1. The summed E-state index contributed by atoms with van der Waals surface area (Å²) < 4.78 is 14.3. The maximum Gasteiger partial charge on any atom is 0.147 e. The van der Waals surface area contributed by atoms with Crippen molar-refractivity contribution in [3.8, 4) is 6.07 Å². The summed E-state index contributed by atoms with van der Waals surface area (Å²) in [5.41, 5.74) is 3.55. The van der Waals surface area contributed by atoms with Gasteiger partial charge in [-0.1, -0.05) is 35.9 Å². The Hall–Kier alpha value is -3.19. The van der Waals surface area contributed by atoms with Gasteiger partial charge >= 0.3 is 0 Å². The predicted octanol–water partition coefficient (Wildman–Crippen LogP) is 4.60. The maximum atomic E-state index is 14.3. The van der Waals surface area contributed by atoms with Gasteiger partial charge in [0, 0.05) is 6.20 Å². The van der Waals surface area contributed by atoms with Crippen molar-refractivity contribution in [3.05, 3.63) is 95.1 Å². The van der Waals surface area contributed by atoms with Crippen molar-refractivity contribution in [2.45, 2.75) is 13.0 Å². The number of pyridine rings is 1. The maximum absolute atomic E-state index is 14.3. The van der Waals surface area contributed by atoms with Crippen LogP contribution in [0, 0.1) is 24.1 Å². The van der Waals surface area contributed by atoms with Crippen LogP contribution in [-0.2, 0) is 0 Å². The molecule has 1 unspecified atom stereocenters. The molecule has 0 aliphatic rings. The molecule has 24 heavy (non-hydrogen) atoms. The second kappa shape index (κ2) is 6.93. The van der Waals surface area contributed by atoms with Crippen molar-refractivity contribution in [3.63, 3.8) is 0 Å². The number of aromatic nitrogens is 1. The lowest BCUT2D eigenvalue weighted by Crippen LogP contribution is -2.15. The normalized spacial score (nSPS) is 11.5. The zero-order valence-corrected chi connectivity index (χ0v) is 13.2. The molecule has 0 saturated carbocycles.